The molecular formula is C13H28N4. The standard InChI is InChI=1S/C13H28N4/c1-6-17(9-7-8-16(4)5)11-13(10-14)15-12(2)3/h12-13,15H,6-9,11H2,1-5H3. The Morgan fingerprint density at radius 3 is 2.29 bits per heavy atom. The van der Waals surface area contributed by atoms with Gasteiger partial charge in [-0.25, -0.2) is 0 Å². The smallest absolute Gasteiger partial charge is 0.108 e. The SMILES string of the molecule is CCN(CCCN(C)C)CC(C#N)NC(C)C. The van der Waals surface area contributed by atoms with E-state index in [2.05, 4.69) is 56.1 Å². The lowest BCUT2D eigenvalue weighted by atomic mass is 10.2. The second-order valence-electron chi connectivity index (χ2n) is 5.05. The van der Waals surface area contributed by atoms with Crippen molar-refractivity contribution in [3.63, 3.8) is 0 Å². The summed E-state index contributed by atoms with van der Waals surface area (Å²) in [5.74, 6) is 0. The van der Waals surface area contributed by atoms with Gasteiger partial charge >= 0.3 is 0 Å². The molecule has 0 saturated carbocycles. The van der Waals surface area contributed by atoms with E-state index in [1.807, 2.05) is 0 Å². The molecule has 0 fully saturated rings. The topological polar surface area (TPSA) is 42.3 Å². The van der Waals surface area contributed by atoms with E-state index >= 15 is 0 Å². The quantitative estimate of drug-likeness (QED) is 0.656. The predicted molar refractivity (Wildman–Crippen MR) is 73.0 cm³/mol. The van der Waals surface area contributed by atoms with Crippen LogP contribution < -0.4 is 5.32 Å². The van der Waals surface area contributed by atoms with Crippen molar-refractivity contribution in [2.24, 2.45) is 0 Å². The molecule has 0 rings (SSSR count). The predicted octanol–water partition coefficient (Wildman–Crippen LogP) is 1.15. The van der Waals surface area contributed by atoms with E-state index in [1.165, 1.54) is 0 Å². The van der Waals surface area contributed by atoms with Gasteiger partial charge in [-0.05, 0) is 54.0 Å². The van der Waals surface area contributed by atoms with Crippen molar-refractivity contribution in [2.75, 3.05) is 40.3 Å². The second kappa shape index (κ2) is 9.41. The fourth-order valence-corrected chi connectivity index (χ4v) is 1.78. The van der Waals surface area contributed by atoms with Crippen LogP contribution >= 0.6 is 0 Å². The molecule has 4 nitrogen and oxygen atoms in total. The Balaban J connectivity index is 3.97. The van der Waals surface area contributed by atoms with Crippen molar-refractivity contribution >= 4 is 0 Å². The molecule has 0 aliphatic heterocycles. The lowest BCUT2D eigenvalue weighted by molar-refractivity contribution is 0.249. The highest BCUT2D eigenvalue weighted by Crippen LogP contribution is 1.96. The highest BCUT2D eigenvalue weighted by molar-refractivity contribution is 4.92. The van der Waals surface area contributed by atoms with Crippen LogP contribution in [0.15, 0.2) is 0 Å². The summed E-state index contributed by atoms with van der Waals surface area (Å²) in [5.41, 5.74) is 0. The number of hydrogen-bond donors (Lipinski definition) is 1. The Hall–Kier alpha value is -0.630. The summed E-state index contributed by atoms with van der Waals surface area (Å²) >= 11 is 0. The van der Waals surface area contributed by atoms with Gasteiger partial charge in [-0.2, -0.15) is 5.26 Å². The Bertz CT molecular complexity index is 220. The van der Waals surface area contributed by atoms with E-state index in [9.17, 15) is 0 Å². The van der Waals surface area contributed by atoms with Gasteiger partial charge in [0.25, 0.3) is 0 Å². The van der Waals surface area contributed by atoms with Gasteiger partial charge in [-0.1, -0.05) is 6.92 Å². The summed E-state index contributed by atoms with van der Waals surface area (Å²) in [4.78, 5) is 4.54. The van der Waals surface area contributed by atoms with E-state index < -0.39 is 0 Å². The van der Waals surface area contributed by atoms with Crippen LogP contribution in [0, 0.1) is 11.3 Å². The number of nitriles is 1. The van der Waals surface area contributed by atoms with Crippen molar-refractivity contribution in [3.8, 4) is 6.07 Å². The molecule has 0 aromatic carbocycles. The molecule has 1 unspecified atom stereocenters. The molecule has 0 bridgehead atoms. The van der Waals surface area contributed by atoms with Gasteiger partial charge < -0.3 is 9.80 Å². The first-order chi connectivity index (χ1) is 7.99. The molecule has 1 atom stereocenters. The van der Waals surface area contributed by atoms with Crippen LogP contribution in [-0.2, 0) is 0 Å². The molecule has 17 heavy (non-hydrogen) atoms. The maximum absolute atomic E-state index is 9.09. The van der Waals surface area contributed by atoms with Crippen LogP contribution in [0.2, 0.25) is 0 Å². The lowest BCUT2D eigenvalue weighted by Crippen LogP contribution is -2.43. The third-order valence-electron chi connectivity index (χ3n) is 2.66. The van der Waals surface area contributed by atoms with Crippen LogP contribution in [-0.4, -0.2) is 62.2 Å². The molecule has 0 radical (unpaired) electrons. The summed E-state index contributed by atoms with van der Waals surface area (Å²) < 4.78 is 0. The number of rotatable bonds is 9. The monoisotopic (exact) mass is 240 g/mol. The van der Waals surface area contributed by atoms with Gasteiger partial charge in [0.05, 0.1) is 6.07 Å². The summed E-state index contributed by atoms with van der Waals surface area (Å²) in [7, 11) is 4.18. The third-order valence-corrected chi connectivity index (χ3v) is 2.66. The largest absolute Gasteiger partial charge is 0.309 e. The zero-order valence-corrected chi connectivity index (χ0v) is 12.0. The first kappa shape index (κ1) is 16.4. The van der Waals surface area contributed by atoms with Gasteiger partial charge in [-0.15, -0.1) is 0 Å². The van der Waals surface area contributed by atoms with Gasteiger partial charge in [-0.3, -0.25) is 5.32 Å². The molecule has 0 aliphatic rings. The third kappa shape index (κ3) is 9.11. The van der Waals surface area contributed by atoms with Crippen molar-refractivity contribution in [1.29, 1.82) is 5.26 Å². The minimum atomic E-state index is -0.0608. The molecule has 0 aliphatic carbocycles. The zero-order chi connectivity index (χ0) is 13.3. The van der Waals surface area contributed by atoms with E-state index in [-0.39, 0.29) is 6.04 Å². The molecule has 100 valence electrons. The number of likely N-dealkylation sites (N-methyl/N-ethyl adjacent to an activating group) is 1. The Morgan fingerprint density at radius 1 is 1.24 bits per heavy atom. The maximum atomic E-state index is 9.09. The van der Waals surface area contributed by atoms with Crippen molar-refractivity contribution in [2.45, 2.75) is 39.3 Å². The van der Waals surface area contributed by atoms with Crippen LogP contribution in [0.25, 0.3) is 0 Å². The summed E-state index contributed by atoms with van der Waals surface area (Å²) in [6.07, 6.45) is 1.15. The number of nitrogens with zero attached hydrogens (tertiary/aromatic N) is 3. The highest BCUT2D eigenvalue weighted by atomic mass is 15.2. The normalized spacial score (nSPS) is 13.4. The average molecular weight is 240 g/mol. The Kier molecular flexibility index (Phi) is 9.06. The molecule has 0 heterocycles. The van der Waals surface area contributed by atoms with Crippen LogP contribution in [0.4, 0.5) is 0 Å². The van der Waals surface area contributed by atoms with Gasteiger partial charge in [0, 0.05) is 12.6 Å². The van der Waals surface area contributed by atoms with Crippen LogP contribution in [0.1, 0.15) is 27.2 Å². The van der Waals surface area contributed by atoms with Crippen molar-refractivity contribution < 1.29 is 0 Å². The Morgan fingerprint density at radius 2 is 1.88 bits per heavy atom. The lowest BCUT2D eigenvalue weighted by Gasteiger charge is -2.25. The zero-order valence-electron chi connectivity index (χ0n) is 12.0. The number of hydrogen-bond acceptors (Lipinski definition) is 4. The fraction of sp³-hybridized carbons (Fsp3) is 0.923. The summed E-state index contributed by atoms with van der Waals surface area (Å²) in [6, 6.07) is 2.63. The van der Waals surface area contributed by atoms with E-state index in [0.717, 1.165) is 32.6 Å². The maximum Gasteiger partial charge on any atom is 0.108 e. The van der Waals surface area contributed by atoms with Crippen LogP contribution in [0.5, 0.6) is 0 Å². The first-order valence-electron chi connectivity index (χ1n) is 6.52. The summed E-state index contributed by atoms with van der Waals surface area (Å²) in [5, 5.41) is 12.4. The first-order valence-corrected chi connectivity index (χ1v) is 6.52. The minimum absolute atomic E-state index is 0.0608. The molecule has 0 aromatic rings. The van der Waals surface area contributed by atoms with Crippen molar-refractivity contribution in [3.05, 3.63) is 0 Å². The molecule has 0 saturated heterocycles. The molecule has 0 spiro atoms. The molecular weight excluding hydrogens is 212 g/mol. The fourth-order valence-electron chi connectivity index (χ4n) is 1.78. The Labute approximate surface area is 107 Å². The van der Waals surface area contributed by atoms with E-state index in [1.54, 1.807) is 0 Å². The van der Waals surface area contributed by atoms with Crippen molar-refractivity contribution in [1.82, 2.24) is 15.1 Å². The average Bonchev–Trinajstić information content (AvgIpc) is 2.25. The summed E-state index contributed by atoms with van der Waals surface area (Å²) in [6.45, 7) is 10.3. The van der Waals surface area contributed by atoms with E-state index in [4.69, 9.17) is 5.26 Å². The second-order valence-corrected chi connectivity index (χ2v) is 5.05. The van der Waals surface area contributed by atoms with Gasteiger partial charge in [0.1, 0.15) is 6.04 Å². The van der Waals surface area contributed by atoms with Gasteiger partial charge in [0.15, 0.2) is 0 Å². The van der Waals surface area contributed by atoms with E-state index in [0.29, 0.717) is 6.04 Å². The molecule has 0 aromatic heterocycles. The number of nitrogens with one attached hydrogen (secondary N) is 1. The van der Waals surface area contributed by atoms with Crippen LogP contribution in [0.3, 0.4) is 0 Å². The molecule has 4 heteroatoms. The molecule has 0 amide bonds. The van der Waals surface area contributed by atoms with Gasteiger partial charge in [0.2, 0.25) is 0 Å². The molecule has 1 N–H and O–H groups in total. The minimum Gasteiger partial charge on any atom is -0.309 e. The highest BCUT2D eigenvalue weighted by Gasteiger charge is 2.12.